The fourth-order valence-corrected chi connectivity index (χ4v) is 2.35. The summed E-state index contributed by atoms with van der Waals surface area (Å²) >= 11 is 0. The Morgan fingerprint density at radius 3 is 2.06 bits per heavy atom. The number of hydrogen-bond acceptors (Lipinski definition) is 3. The molecule has 2 atom stereocenters. The first-order valence-corrected chi connectivity index (χ1v) is 5.49. The maximum absolute atomic E-state index is 10.4. The second-order valence-corrected chi connectivity index (χ2v) is 4.27. The highest BCUT2D eigenvalue weighted by Crippen LogP contribution is 2.53. The predicted molar refractivity (Wildman–Crippen MR) is 62.0 cm³/mol. The van der Waals surface area contributed by atoms with Gasteiger partial charge in [0.15, 0.2) is 0 Å². The second-order valence-electron chi connectivity index (χ2n) is 4.27. The third kappa shape index (κ3) is 2.40. The first-order chi connectivity index (χ1) is 8.17. The van der Waals surface area contributed by atoms with Crippen LogP contribution in [0, 0.1) is 11.8 Å². The van der Waals surface area contributed by atoms with E-state index in [1.165, 1.54) is 0 Å². The van der Waals surface area contributed by atoms with Gasteiger partial charge in [0, 0.05) is 18.9 Å². The molecule has 5 nitrogen and oxygen atoms in total. The van der Waals surface area contributed by atoms with E-state index in [1.807, 2.05) is 12.1 Å². The first-order valence-electron chi connectivity index (χ1n) is 5.49. The Bertz CT molecular complexity index is 393. The van der Waals surface area contributed by atoms with Gasteiger partial charge in [0.05, 0.1) is 0 Å². The SMILES string of the molecule is O=C(O)Nc1ccc(C2C(CO)C2CO)cc1. The summed E-state index contributed by atoms with van der Waals surface area (Å²) in [6.07, 6.45) is -1.09. The van der Waals surface area contributed by atoms with Gasteiger partial charge in [-0.1, -0.05) is 12.1 Å². The Morgan fingerprint density at radius 1 is 1.12 bits per heavy atom. The average molecular weight is 237 g/mol. The molecule has 17 heavy (non-hydrogen) atoms. The van der Waals surface area contributed by atoms with Gasteiger partial charge in [0.1, 0.15) is 0 Å². The van der Waals surface area contributed by atoms with Crippen LogP contribution in [0.3, 0.4) is 0 Å². The number of hydrogen-bond donors (Lipinski definition) is 4. The Kier molecular flexibility index (Phi) is 3.31. The van der Waals surface area contributed by atoms with Crippen molar-refractivity contribution in [2.45, 2.75) is 5.92 Å². The number of carboxylic acid groups (broad SMARTS) is 1. The molecule has 1 aliphatic rings. The van der Waals surface area contributed by atoms with Gasteiger partial charge in [-0.15, -0.1) is 0 Å². The summed E-state index contributed by atoms with van der Waals surface area (Å²) < 4.78 is 0. The standard InChI is InChI=1S/C12H15NO4/c14-5-9-10(6-15)11(9)7-1-3-8(4-2-7)13-12(16)17/h1-4,9-11,13-15H,5-6H2,(H,16,17). The van der Waals surface area contributed by atoms with Crippen molar-refractivity contribution in [3.05, 3.63) is 29.8 Å². The molecule has 1 aliphatic carbocycles. The average Bonchev–Trinajstić information content (AvgIpc) is 3.02. The molecule has 4 N–H and O–H groups in total. The summed E-state index contributed by atoms with van der Waals surface area (Å²) in [6, 6.07) is 7.03. The number of anilines is 1. The van der Waals surface area contributed by atoms with Crippen LogP contribution in [0.15, 0.2) is 24.3 Å². The quantitative estimate of drug-likeness (QED) is 0.631. The molecule has 0 aromatic heterocycles. The van der Waals surface area contributed by atoms with Crippen LogP contribution >= 0.6 is 0 Å². The normalized spacial score (nSPS) is 26.6. The molecule has 1 saturated carbocycles. The van der Waals surface area contributed by atoms with E-state index in [-0.39, 0.29) is 31.0 Å². The third-order valence-electron chi connectivity index (χ3n) is 3.30. The molecule has 5 heteroatoms. The van der Waals surface area contributed by atoms with Gasteiger partial charge < -0.3 is 15.3 Å². The molecule has 1 aromatic rings. The number of rotatable bonds is 4. The molecular formula is C12H15NO4. The van der Waals surface area contributed by atoms with E-state index in [0.717, 1.165) is 5.56 Å². The molecule has 0 aliphatic heterocycles. The Labute approximate surface area is 98.7 Å². The van der Waals surface area contributed by atoms with Crippen molar-refractivity contribution in [1.82, 2.24) is 0 Å². The molecule has 2 rings (SSSR count). The summed E-state index contributed by atoms with van der Waals surface area (Å²) in [6.45, 7) is 0.149. The van der Waals surface area contributed by atoms with Gasteiger partial charge in [0.25, 0.3) is 0 Å². The van der Waals surface area contributed by atoms with Crippen LogP contribution in [-0.2, 0) is 0 Å². The third-order valence-corrected chi connectivity index (χ3v) is 3.30. The van der Waals surface area contributed by atoms with Gasteiger partial charge in [-0.05, 0) is 35.4 Å². The van der Waals surface area contributed by atoms with Crippen LogP contribution < -0.4 is 5.32 Å². The minimum absolute atomic E-state index is 0.0744. The van der Waals surface area contributed by atoms with Gasteiger partial charge in [-0.3, -0.25) is 5.32 Å². The lowest BCUT2D eigenvalue weighted by atomic mass is 10.1. The van der Waals surface area contributed by atoms with Crippen LogP contribution in [0.5, 0.6) is 0 Å². The molecular weight excluding hydrogens is 222 g/mol. The van der Waals surface area contributed by atoms with E-state index in [9.17, 15) is 4.79 Å². The molecule has 92 valence electrons. The van der Waals surface area contributed by atoms with E-state index >= 15 is 0 Å². The van der Waals surface area contributed by atoms with Crippen molar-refractivity contribution in [3.8, 4) is 0 Å². The topological polar surface area (TPSA) is 89.8 Å². The Morgan fingerprint density at radius 2 is 1.65 bits per heavy atom. The highest BCUT2D eigenvalue weighted by Gasteiger charge is 2.49. The van der Waals surface area contributed by atoms with E-state index in [1.54, 1.807) is 12.1 Å². The molecule has 0 heterocycles. The smallest absolute Gasteiger partial charge is 0.409 e. The molecule has 0 spiro atoms. The zero-order valence-electron chi connectivity index (χ0n) is 9.21. The van der Waals surface area contributed by atoms with Crippen LogP contribution in [0.1, 0.15) is 11.5 Å². The lowest BCUT2D eigenvalue weighted by Gasteiger charge is -2.03. The largest absolute Gasteiger partial charge is 0.465 e. The monoisotopic (exact) mass is 237 g/mol. The van der Waals surface area contributed by atoms with Crippen molar-refractivity contribution in [1.29, 1.82) is 0 Å². The van der Waals surface area contributed by atoms with Gasteiger partial charge in [-0.2, -0.15) is 0 Å². The Hall–Kier alpha value is -1.59. The van der Waals surface area contributed by atoms with Crippen LogP contribution in [0.2, 0.25) is 0 Å². The zero-order valence-corrected chi connectivity index (χ0v) is 9.21. The van der Waals surface area contributed by atoms with Gasteiger partial charge >= 0.3 is 6.09 Å². The molecule has 0 bridgehead atoms. The van der Waals surface area contributed by atoms with Crippen molar-refractivity contribution in [2.24, 2.45) is 11.8 Å². The summed E-state index contributed by atoms with van der Waals surface area (Å²) in [5.74, 6) is 0.431. The molecule has 1 aromatic carbocycles. The number of aliphatic hydroxyl groups is 2. The maximum Gasteiger partial charge on any atom is 0.409 e. The minimum Gasteiger partial charge on any atom is -0.465 e. The summed E-state index contributed by atoms with van der Waals surface area (Å²) in [5, 5.41) is 29.0. The number of nitrogens with one attached hydrogen (secondary N) is 1. The van der Waals surface area contributed by atoms with Crippen molar-refractivity contribution < 1.29 is 20.1 Å². The van der Waals surface area contributed by atoms with Crippen molar-refractivity contribution in [2.75, 3.05) is 18.5 Å². The number of carbonyl (C=O) groups is 1. The molecule has 1 amide bonds. The Balaban J connectivity index is 2.06. The van der Waals surface area contributed by atoms with Crippen molar-refractivity contribution >= 4 is 11.8 Å². The molecule has 1 fully saturated rings. The second kappa shape index (κ2) is 4.73. The minimum atomic E-state index is -1.09. The van der Waals surface area contributed by atoms with E-state index in [4.69, 9.17) is 15.3 Å². The highest BCUT2D eigenvalue weighted by molar-refractivity contribution is 5.82. The van der Waals surface area contributed by atoms with E-state index in [2.05, 4.69) is 5.32 Å². The summed E-state index contributed by atoms with van der Waals surface area (Å²) in [7, 11) is 0. The van der Waals surface area contributed by atoms with Crippen molar-refractivity contribution in [3.63, 3.8) is 0 Å². The summed E-state index contributed by atoms with van der Waals surface area (Å²) in [4.78, 5) is 10.4. The predicted octanol–water partition coefficient (Wildman–Crippen LogP) is 1.09. The maximum atomic E-state index is 10.4. The fourth-order valence-electron chi connectivity index (χ4n) is 2.35. The van der Waals surface area contributed by atoms with Crippen LogP contribution in [0.4, 0.5) is 10.5 Å². The van der Waals surface area contributed by atoms with Gasteiger partial charge in [-0.25, -0.2) is 4.79 Å². The van der Waals surface area contributed by atoms with Crippen LogP contribution in [-0.4, -0.2) is 34.6 Å². The fraction of sp³-hybridized carbons (Fsp3) is 0.417. The lowest BCUT2D eigenvalue weighted by Crippen LogP contribution is -2.06. The lowest BCUT2D eigenvalue weighted by molar-refractivity contribution is 0.209. The number of amides is 1. The van der Waals surface area contributed by atoms with E-state index in [0.29, 0.717) is 5.69 Å². The highest BCUT2D eigenvalue weighted by atomic mass is 16.4. The number of aliphatic hydroxyl groups excluding tert-OH is 2. The number of benzene rings is 1. The summed E-state index contributed by atoms with van der Waals surface area (Å²) in [5.41, 5.74) is 1.54. The molecule has 0 saturated heterocycles. The molecule has 0 radical (unpaired) electrons. The van der Waals surface area contributed by atoms with E-state index < -0.39 is 6.09 Å². The zero-order chi connectivity index (χ0) is 12.4. The molecule has 2 unspecified atom stereocenters. The first kappa shape index (κ1) is 11.9. The van der Waals surface area contributed by atoms with Gasteiger partial charge in [0.2, 0.25) is 0 Å². The van der Waals surface area contributed by atoms with Crippen LogP contribution in [0.25, 0.3) is 0 Å².